The van der Waals surface area contributed by atoms with Crippen LogP contribution in [0, 0.1) is 13.8 Å². The molecule has 0 bridgehead atoms. The summed E-state index contributed by atoms with van der Waals surface area (Å²) < 4.78 is 19.5. The van der Waals surface area contributed by atoms with Gasteiger partial charge in [0.15, 0.2) is 16.3 Å². The number of hydrogen-bond acceptors (Lipinski definition) is 6. The smallest absolute Gasteiger partial charge is 0.326 e. The lowest BCUT2D eigenvalue weighted by Gasteiger charge is -2.29. The molecule has 162 valence electrons. The van der Waals surface area contributed by atoms with E-state index in [0.717, 1.165) is 21.3 Å². The number of thiazole rings is 1. The normalized spacial score (nSPS) is 18.3. The van der Waals surface area contributed by atoms with Crippen molar-refractivity contribution in [2.75, 3.05) is 6.61 Å². The average molecular weight is 441 g/mol. The van der Waals surface area contributed by atoms with Crippen molar-refractivity contribution in [3.8, 4) is 11.5 Å². The summed E-state index contributed by atoms with van der Waals surface area (Å²) in [5.74, 6) is 0.272. The van der Waals surface area contributed by atoms with E-state index in [9.17, 15) is 9.59 Å². The molecule has 2 heterocycles. The van der Waals surface area contributed by atoms with Gasteiger partial charge in [0.05, 0.1) is 16.8 Å². The van der Waals surface area contributed by atoms with E-state index >= 15 is 0 Å². The number of benzene rings is 2. The highest BCUT2D eigenvalue weighted by molar-refractivity contribution is 7.16. The van der Waals surface area contributed by atoms with Gasteiger partial charge in [-0.25, -0.2) is 0 Å². The van der Waals surface area contributed by atoms with Crippen molar-refractivity contribution in [3.05, 3.63) is 52.3 Å². The summed E-state index contributed by atoms with van der Waals surface area (Å²) in [5, 5.41) is 0. The number of rotatable bonds is 4. The molecule has 0 radical (unpaired) electrons. The first-order valence-electron chi connectivity index (χ1n) is 10.1. The Bertz CT molecular complexity index is 1230. The maximum absolute atomic E-state index is 13.1. The molecule has 1 aliphatic rings. The Morgan fingerprint density at radius 1 is 1.13 bits per heavy atom. The molecular weight excluding hydrogens is 416 g/mol. The first-order valence-corrected chi connectivity index (χ1v) is 11.0. The van der Waals surface area contributed by atoms with E-state index in [-0.39, 0.29) is 19.1 Å². The predicted molar refractivity (Wildman–Crippen MR) is 117 cm³/mol. The molecule has 1 amide bonds. The molecule has 3 aromatic rings. The Kier molecular flexibility index (Phi) is 5.82. The third-order valence-electron chi connectivity index (χ3n) is 5.18. The summed E-state index contributed by atoms with van der Waals surface area (Å²) >= 11 is 1.36. The van der Waals surface area contributed by atoms with E-state index in [1.54, 1.807) is 30.5 Å². The summed E-state index contributed by atoms with van der Waals surface area (Å²) in [4.78, 5) is 30.1. The highest BCUT2D eigenvalue weighted by atomic mass is 32.1. The van der Waals surface area contributed by atoms with Gasteiger partial charge >= 0.3 is 5.97 Å². The number of nitrogens with zero attached hydrogens (tertiary/aromatic N) is 2. The summed E-state index contributed by atoms with van der Waals surface area (Å²) in [7, 11) is 0. The quantitative estimate of drug-likeness (QED) is 0.580. The van der Waals surface area contributed by atoms with Crippen LogP contribution in [0.2, 0.25) is 0 Å². The second kappa shape index (κ2) is 8.55. The van der Waals surface area contributed by atoms with E-state index < -0.39 is 18.1 Å². The highest BCUT2D eigenvalue weighted by Crippen LogP contribution is 2.33. The van der Waals surface area contributed by atoms with E-state index in [1.807, 2.05) is 38.1 Å². The zero-order valence-corrected chi connectivity index (χ0v) is 18.7. The van der Waals surface area contributed by atoms with E-state index in [2.05, 4.69) is 4.99 Å². The van der Waals surface area contributed by atoms with Gasteiger partial charge in [-0.15, -0.1) is 0 Å². The molecule has 0 N–H and O–H groups in total. The standard InChI is InChI=1S/C23H24N2O5S/c1-5-28-20(26)12-25-16-10-13(2)14(3)11-19(16)31-23(25)24-22(27)21-15(4)29-17-8-6-7-9-18(17)30-21/h6-11,15,21H,5,12H2,1-4H3. The van der Waals surface area contributed by atoms with Gasteiger partial charge in [0.2, 0.25) is 6.10 Å². The van der Waals surface area contributed by atoms with E-state index in [4.69, 9.17) is 14.2 Å². The fourth-order valence-corrected chi connectivity index (χ4v) is 4.56. The van der Waals surface area contributed by atoms with Crippen LogP contribution in [0.4, 0.5) is 0 Å². The van der Waals surface area contributed by atoms with Crippen molar-refractivity contribution in [2.24, 2.45) is 4.99 Å². The fourth-order valence-electron chi connectivity index (χ4n) is 3.44. The predicted octanol–water partition coefficient (Wildman–Crippen LogP) is 3.54. The topological polar surface area (TPSA) is 79.1 Å². The lowest BCUT2D eigenvalue weighted by Crippen LogP contribution is -2.43. The van der Waals surface area contributed by atoms with Crippen LogP contribution in [-0.2, 0) is 20.9 Å². The number of aryl methyl sites for hydroxylation is 2. The Morgan fingerprint density at radius 2 is 1.81 bits per heavy atom. The summed E-state index contributed by atoms with van der Waals surface area (Å²) in [5.41, 5.74) is 3.06. The second-order valence-electron chi connectivity index (χ2n) is 7.44. The molecule has 7 nitrogen and oxygen atoms in total. The second-order valence-corrected chi connectivity index (χ2v) is 8.45. The molecular formula is C23H24N2O5S. The van der Waals surface area contributed by atoms with Crippen molar-refractivity contribution >= 4 is 33.4 Å². The molecule has 2 atom stereocenters. The minimum atomic E-state index is -0.875. The average Bonchev–Trinajstić information content (AvgIpc) is 3.03. The highest BCUT2D eigenvalue weighted by Gasteiger charge is 2.34. The van der Waals surface area contributed by atoms with Crippen LogP contribution < -0.4 is 14.3 Å². The van der Waals surface area contributed by atoms with Crippen LogP contribution in [0.15, 0.2) is 41.4 Å². The first-order chi connectivity index (χ1) is 14.9. The third-order valence-corrected chi connectivity index (χ3v) is 6.22. The molecule has 0 saturated carbocycles. The molecule has 0 fully saturated rings. The van der Waals surface area contributed by atoms with Crippen molar-refractivity contribution in [1.82, 2.24) is 4.57 Å². The van der Waals surface area contributed by atoms with Crippen LogP contribution in [0.1, 0.15) is 25.0 Å². The molecule has 0 aliphatic carbocycles. The Morgan fingerprint density at radius 3 is 2.52 bits per heavy atom. The zero-order chi connectivity index (χ0) is 22.1. The molecule has 1 aliphatic heterocycles. The Labute approximate surface area is 183 Å². The van der Waals surface area contributed by atoms with Crippen LogP contribution in [0.3, 0.4) is 0 Å². The number of hydrogen-bond donors (Lipinski definition) is 0. The van der Waals surface area contributed by atoms with Gasteiger partial charge in [0.25, 0.3) is 5.91 Å². The van der Waals surface area contributed by atoms with Gasteiger partial charge in [-0.3, -0.25) is 9.59 Å². The maximum Gasteiger partial charge on any atom is 0.326 e. The van der Waals surface area contributed by atoms with E-state index in [0.29, 0.717) is 16.3 Å². The number of carbonyl (C=O) groups excluding carboxylic acids is 2. The Hall–Kier alpha value is -3.13. The van der Waals surface area contributed by atoms with E-state index in [1.165, 1.54) is 11.3 Å². The van der Waals surface area contributed by atoms with Crippen LogP contribution >= 0.6 is 11.3 Å². The van der Waals surface area contributed by atoms with Crippen molar-refractivity contribution in [2.45, 2.75) is 46.4 Å². The first kappa shape index (κ1) is 21.1. The Balaban J connectivity index is 1.75. The van der Waals surface area contributed by atoms with Crippen molar-refractivity contribution in [3.63, 3.8) is 0 Å². The molecule has 4 rings (SSSR count). The molecule has 31 heavy (non-hydrogen) atoms. The number of fused-ring (bicyclic) bond motifs is 2. The summed E-state index contributed by atoms with van der Waals surface area (Å²) in [6.07, 6.45) is -1.37. The SMILES string of the molecule is CCOC(=O)Cn1c(=NC(=O)C2Oc3ccccc3OC2C)sc2cc(C)c(C)cc21. The lowest BCUT2D eigenvalue weighted by molar-refractivity contribution is -0.143. The van der Waals surface area contributed by atoms with Gasteiger partial charge in [-0.2, -0.15) is 4.99 Å². The number of ether oxygens (including phenoxy) is 3. The van der Waals surface area contributed by atoms with Gasteiger partial charge in [-0.1, -0.05) is 23.5 Å². The number of esters is 1. The van der Waals surface area contributed by atoms with Crippen molar-refractivity contribution in [1.29, 1.82) is 0 Å². The molecule has 8 heteroatoms. The van der Waals surface area contributed by atoms with Crippen LogP contribution in [0.5, 0.6) is 11.5 Å². The number of carbonyl (C=O) groups is 2. The van der Waals surface area contributed by atoms with Crippen LogP contribution in [0.25, 0.3) is 10.2 Å². The zero-order valence-electron chi connectivity index (χ0n) is 17.9. The number of aromatic nitrogens is 1. The lowest BCUT2D eigenvalue weighted by atomic mass is 10.1. The fraction of sp³-hybridized carbons (Fsp3) is 0.348. The largest absolute Gasteiger partial charge is 0.482 e. The molecule has 2 aromatic carbocycles. The minimum absolute atomic E-state index is 0.0249. The third kappa shape index (κ3) is 4.20. The monoisotopic (exact) mass is 440 g/mol. The summed E-state index contributed by atoms with van der Waals surface area (Å²) in [6.45, 7) is 7.83. The van der Waals surface area contributed by atoms with Gasteiger partial charge < -0.3 is 18.8 Å². The molecule has 0 saturated heterocycles. The number of para-hydroxylation sites is 2. The maximum atomic E-state index is 13.1. The number of amides is 1. The van der Waals surface area contributed by atoms with Gasteiger partial charge in [0, 0.05) is 0 Å². The molecule has 2 unspecified atom stereocenters. The van der Waals surface area contributed by atoms with Gasteiger partial charge in [0.1, 0.15) is 12.6 Å². The molecule has 1 aromatic heterocycles. The molecule has 0 spiro atoms. The summed E-state index contributed by atoms with van der Waals surface area (Å²) in [6, 6.07) is 11.3. The van der Waals surface area contributed by atoms with Crippen LogP contribution in [-0.4, -0.2) is 35.3 Å². The van der Waals surface area contributed by atoms with Gasteiger partial charge in [-0.05, 0) is 63.1 Å². The van der Waals surface area contributed by atoms with Crippen molar-refractivity contribution < 1.29 is 23.8 Å². The minimum Gasteiger partial charge on any atom is -0.482 e.